The van der Waals surface area contributed by atoms with Gasteiger partial charge in [0.05, 0.1) is 0 Å². The largest absolute Gasteiger partial charge is 0.328 e. The van der Waals surface area contributed by atoms with E-state index in [-0.39, 0.29) is 0 Å². The lowest BCUT2D eigenvalue weighted by atomic mass is 10.2. The van der Waals surface area contributed by atoms with Crippen molar-refractivity contribution in [3.8, 4) is 0 Å². The van der Waals surface area contributed by atoms with Crippen molar-refractivity contribution >= 4 is 17.8 Å². The Labute approximate surface area is 81.4 Å². The van der Waals surface area contributed by atoms with Crippen LogP contribution in [0.1, 0.15) is 19.8 Å². The lowest BCUT2D eigenvalue weighted by Crippen LogP contribution is -2.63. The van der Waals surface area contributed by atoms with Gasteiger partial charge >= 0.3 is 6.03 Å². The molecule has 1 fully saturated rings. The summed E-state index contributed by atoms with van der Waals surface area (Å²) in [6.45, 7) is 2.59. The Hall–Kier alpha value is -1.43. The number of barbiturate groups is 1. The first-order valence-corrected chi connectivity index (χ1v) is 4.54. The summed E-state index contributed by atoms with van der Waals surface area (Å²) >= 11 is 0. The molecule has 0 bridgehead atoms. The summed E-state index contributed by atoms with van der Waals surface area (Å²) in [5.41, 5.74) is 0. The average molecular weight is 199 g/mol. The Bertz CT molecular complexity index is 245. The second-order valence-electron chi connectivity index (χ2n) is 3.05. The number of carbonyl (C=O) groups is 3. The molecule has 0 aromatic heterocycles. The number of urea groups is 1. The molecule has 6 nitrogen and oxygen atoms in total. The molecule has 14 heavy (non-hydrogen) atoms. The molecule has 6 heteroatoms. The van der Waals surface area contributed by atoms with Gasteiger partial charge in [0.1, 0.15) is 0 Å². The minimum atomic E-state index is -0.945. The van der Waals surface area contributed by atoms with Gasteiger partial charge in [0.2, 0.25) is 0 Å². The molecule has 1 heterocycles. The summed E-state index contributed by atoms with van der Waals surface area (Å²) in [6, 6.07) is -1.70. The summed E-state index contributed by atoms with van der Waals surface area (Å²) in [6.07, 6.45) is 1.85. The molecule has 0 atom stereocenters. The van der Waals surface area contributed by atoms with Crippen molar-refractivity contribution in [1.29, 1.82) is 0 Å². The fraction of sp³-hybridized carbons (Fsp3) is 0.625. The number of imide groups is 2. The van der Waals surface area contributed by atoms with E-state index >= 15 is 0 Å². The van der Waals surface area contributed by atoms with Crippen molar-refractivity contribution in [1.82, 2.24) is 16.0 Å². The van der Waals surface area contributed by atoms with Crippen LogP contribution in [-0.4, -0.2) is 30.4 Å². The maximum absolute atomic E-state index is 11.2. The van der Waals surface area contributed by atoms with Crippen LogP contribution < -0.4 is 16.0 Å². The van der Waals surface area contributed by atoms with Crippen LogP contribution in [0.3, 0.4) is 0 Å². The van der Waals surface area contributed by atoms with Crippen molar-refractivity contribution in [2.45, 2.75) is 25.8 Å². The van der Waals surface area contributed by atoms with Crippen molar-refractivity contribution in [2.75, 3.05) is 6.54 Å². The molecular weight excluding hydrogens is 186 g/mol. The van der Waals surface area contributed by atoms with Crippen molar-refractivity contribution in [2.24, 2.45) is 0 Å². The van der Waals surface area contributed by atoms with Gasteiger partial charge in [0, 0.05) is 0 Å². The predicted octanol–water partition coefficient (Wildman–Crippen LogP) is -0.889. The van der Waals surface area contributed by atoms with E-state index in [4.69, 9.17) is 0 Å². The van der Waals surface area contributed by atoms with Crippen LogP contribution in [-0.2, 0) is 9.59 Å². The van der Waals surface area contributed by atoms with Crippen molar-refractivity contribution in [3.63, 3.8) is 0 Å². The lowest BCUT2D eigenvalue weighted by Gasteiger charge is -2.21. The van der Waals surface area contributed by atoms with Crippen LogP contribution in [0.5, 0.6) is 0 Å². The van der Waals surface area contributed by atoms with Gasteiger partial charge in [0.15, 0.2) is 6.04 Å². The normalized spacial score (nSPS) is 17.9. The van der Waals surface area contributed by atoms with Crippen LogP contribution in [0.4, 0.5) is 4.79 Å². The van der Waals surface area contributed by atoms with Gasteiger partial charge in [-0.3, -0.25) is 25.5 Å². The van der Waals surface area contributed by atoms with Crippen molar-refractivity contribution < 1.29 is 14.4 Å². The Morgan fingerprint density at radius 1 is 1.21 bits per heavy atom. The topological polar surface area (TPSA) is 87.3 Å². The molecule has 0 radical (unpaired) electrons. The fourth-order valence-corrected chi connectivity index (χ4v) is 1.13. The summed E-state index contributed by atoms with van der Waals surface area (Å²) in [4.78, 5) is 33.0. The molecule has 0 saturated carbocycles. The lowest BCUT2D eigenvalue weighted by molar-refractivity contribution is -0.133. The van der Waals surface area contributed by atoms with Crippen molar-refractivity contribution in [3.05, 3.63) is 0 Å². The first kappa shape index (κ1) is 10.6. The zero-order valence-electron chi connectivity index (χ0n) is 7.92. The molecule has 1 rings (SSSR count). The minimum Gasteiger partial charge on any atom is -0.298 e. The van der Waals surface area contributed by atoms with Crippen LogP contribution >= 0.6 is 0 Å². The fourth-order valence-electron chi connectivity index (χ4n) is 1.13. The van der Waals surface area contributed by atoms with E-state index in [2.05, 4.69) is 5.32 Å². The SMILES string of the molecule is CCCCNC1C(=O)NC(=O)NC1=O. The monoisotopic (exact) mass is 199 g/mol. The molecule has 1 saturated heterocycles. The third-order valence-electron chi connectivity index (χ3n) is 1.88. The molecule has 0 aliphatic carbocycles. The standard InChI is InChI=1S/C8H13N3O3/c1-2-3-4-9-5-6(12)10-8(14)11-7(5)13/h5,9H,2-4H2,1H3,(H2,10,11,12,13,14). The molecule has 4 amide bonds. The van der Waals surface area contributed by atoms with E-state index < -0.39 is 23.9 Å². The van der Waals surface area contributed by atoms with Gasteiger partial charge in [-0.1, -0.05) is 13.3 Å². The molecule has 0 unspecified atom stereocenters. The minimum absolute atomic E-state index is 0.580. The highest BCUT2D eigenvalue weighted by atomic mass is 16.2. The van der Waals surface area contributed by atoms with Crippen LogP contribution in [0, 0.1) is 0 Å². The Morgan fingerprint density at radius 2 is 1.79 bits per heavy atom. The van der Waals surface area contributed by atoms with Gasteiger partial charge in [-0.05, 0) is 13.0 Å². The smallest absolute Gasteiger partial charge is 0.298 e. The maximum atomic E-state index is 11.2. The van der Waals surface area contributed by atoms with E-state index in [1.54, 1.807) is 0 Å². The summed E-state index contributed by atoms with van der Waals surface area (Å²) in [5, 5.41) is 6.80. The molecule has 0 aromatic carbocycles. The number of hydrogen-bond acceptors (Lipinski definition) is 4. The van der Waals surface area contributed by atoms with Gasteiger partial charge in [-0.2, -0.15) is 0 Å². The average Bonchev–Trinajstić information content (AvgIpc) is 2.09. The number of amides is 4. The predicted molar refractivity (Wildman–Crippen MR) is 48.4 cm³/mol. The first-order chi connectivity index (χ1) is 6.65. The Morgan fingerprint density at radius 3 is 2.29 bits per heavy atom. The second-order valence-corrected chi connectivity index (χ2v) is 3.05. The van der Waals surface area contributed by atoms with E-state index in [1.165, 1.54) is 0 Å². The molecule has 1 aliphatic heterocycles. The summed E-state index contributed by atoms with van der Waals surface area (Å²) in [7, 11) is 0. The van der Waals surface area contributed by atoms with Crippen LogP contribution in [0.25, 0.3) is 0 Å². The molecule has 0 spiro atoms. The molecular formula is C8H13N3O3. The van der Waals surface area contributed by atoms with Crippen LogP contribution in [0.2, 0.25) is 0 Å². The quantitative estimate of drug-likeness (QED) is 0.405. The number of unbranched alkanes of at least 4 members (excludes halogenated alkanes) is 1. The highest BCUT2D eigenvalue weighted by molar-refractivity contribution is 6.18. The zero-order chi connectivity index (χ0) is 10.6. The Balaban J connectivity index is 2.46. The van der Waals surface area contributed by atoms with E-state index in [0.29, 0.717) is 6.54 Å². The number of rotatable bonds is 4. The number of hydrogen-bond donors (Lipinski definition) is 3. The molecule has 78 valence electrons. The highest BCUT2D eigenvalue weighted by Gasteiger charge is 2.33. The highest BCUT2D eigenvalue weighted by Crippen LogP contribution is 1.93. The number of nitrogens with one attached hydrogen (secondary N) is 3. The number of carbonyl (C=O) groups excluding carboxylic acids is 3. The van der Waals surface area contributed by atoms with Gasteiger partial charge < -0.3 is 0 Å². The Kier molecular flexibility index (Phi) is 3.58. The zero-order valence-corrected chi connectivity index (χ0v) is 7.92. The summed E-state index contributed by atoms with van der Waals surface area (Å²) < 4.78 is 0. The molecule has 3 N–H and O–H groups in total. The van der Waals surface area contributed by atoms with E-state index in [9.17, 15) is 14.4 Å². The molecule has 0 aromatic rings. The third kappa shape index (κ3) is 2.53. The first-order valence-electron chi connectivity index (χ1n) is 4.54. The summed E-state index contributed by atoms with van der Waals surface area (Å²) in [5.74, 6) is -1.18. The van der Waals surface area contributed by atoms with Crippen LogP contribution in [0.15, 0.2) is 0 Å². The second kappa shape index (κ2) is 4.71. The molecule has 1 aliphatic rings. The van der Waals surface area contributed by atoms with E-state index in [0.717, 1.165) is 12.8 Å². The van der Waals surface area contributed by atoms with Gasteiger partial charge in [-0.15, -0.1) is 0 Å². The maximum Gasteiger partial charge on any atom is 0.328 e. The van der Waals surface area contributed by atoms with Gasteiger partial charge in [0.25, 0.3) is 11.8 Å². The van der Waals surface area contributed by atoms with Gasteiger partial charge in [-0.25, -0.2) is 4.79 Å². The van der Waals surface area contributed by atoms with E-state index in [1.807, 2.05) is 17.6 Å². The third-order valence-corrected chi connectivity index (χ3v) is 1.88.